The highest BCUT2D eigenvalue weighted by molar-refractivity contribution is 5.90. The van der Waals surface area contributed by atoms with Gasteiger partial charge in [0.05, 0.1) is 31.8 Å². The Morgan fingerprint density at radius 3 is 2.41 bits per heavy atom. The number of nitrogens with one attached hydrogen (secondary N) is 2. The zero-order valence-electron chi connectivity index (χ0n) is 16.1. The fourth-order valence-electron chi connectivity index (χ4n) is 2.85. The predicted octanol–water partition coefficient (Wildman–Crippen LogP) is 2.37. The average molecular weight is 392 g/mol. The molecule has 0 saturated carbocycles. The van der Waals surface area contributed by atoms with Crippen LogP contribution in [-0.2, 0) is 13.1 Å². The molecule has 29 heavy (non-hydrogen) atoms. The molecule has 0 unspecified atom stereocenters. The number of carbonyl (C=O) groups excluding carboxylic acids is 1. The Hall–Kier alpha value is -3.99. The van der Waals surface area contributed by atoms with Gasteiger partial charge < -0.3 is 20.1 Å². The van der Waals surface area contributed by atoms with Gasteiger partial charge in [-0.25, -0.2) is 9.48 Å². The summed E-state index contributed by atoms with van der Waals surface area (Å²) in [5.41, 5.74) is 0.776. The van der Waals surface area contributed by atoms with Crippen molar-refractivity contribution < 1.29 is 14.3 Å². The summed E-state index contributed by atoms with van der Waals surface area (Å²) in [7, 11) is 3.06. The third kappa shape index (κ3) is 4.47. The molecular formula is C21H20N4O4. The minimum Gasteiger partial charge on any atom is -0.497 e. The summed E-state index contributed by atoms with van der Waals surface area (Å²) < 4.78 is 11.6. The third-order valence-electron chi connectivity index (χ3n) is 4.21. The highest BCUT2D eigenvalue weighted by Crippen LogP contribution is 2.25. The molecule has 0 atom stereocenters. The maximum atomic E-state index is 12.5. The summed E-state index contributed by atoms with van der Waals surface area (Å²) >= 11 is 0. The number of anilines is 1. The van der Waals surface area contributed by atoms with E-state index < -0.39 is 6.03 Å². The minimum atomic E-state index is -0.444. The molecule has 1 heterocycles. The smallest absolute Gasteiger partial charge is 0.319 e. The molecule has 3 rings (SSSR count). The number of amides is 2. The number of fused-ring (bicyclic) bond motifs is 1. The van der Waals surface area contributed by atoms with Crippen molar-refractivity contribution in [2.24, 2.45) is 0 Å². The molecule has 8 nitrogen and oxygen atoms in total. The summed E-state index contributed by atoms with van der Waals surface area (Å²) in [6, 6.07) is 11.7. The van der Waals surface area contributed by atoms with Gasteiger partial charge in [-0.05, 0) is 6.07 Å². The normalized spacial score (nSPS) is 10.2. The van der Waals surface area contributed by atoms with Crippen LogP contribution in [0.3, 0.4) is 0 Å². The lowest BCUT2D eigenvalue weighted by Crippen LogP contribution is -2.31. The second-order valence-electron chi connectivity index (χ2n) is 6.07. The van der Waals surface area contributed by atoms with Crippen molar-refractivity contribution in [1.82, 2.24) is 15.1 Å². The van der Waals surface area contributed by atoms with Gasteiger partial charge in [-0.15, -0.1) is 6.42 Å². The zero-order valence-corrected chi connectivity index (χ0v) is 16.1. The molecule has 0 saturated heterocycles. The Balaban J connectivity index is 1.80. The molecule has 2 aromatic carbocycles. The Bertz CT molecular complexity index is 1130. The van der Waals surface area contributed by atoms with Gasteiger partial charge in [0.2, 0.25) is 0 Å². The summed E-state index contributed by atoms with van der Waals surface area (Å²) in [6.07, 6.45) is 5.33. The Labute approximate surface area is 167 Å². The van der Waals surface area contributed by atoms with Gasteiger partial charge in [-0.3, -0.25) is 4.79 Å². The van der Waals surface area contributed by atoms with Gasteiger partial charge in [0.25, 0.3) is 5.56 Å². The van der Waals surface area contributed by atoms with Crippen molar-refractivity contribution >= 4 is 22.5 Å². The molecule has 2 amide bonds. The van der Waals surface area contributed by atoms with E-state index in [9.17, 15) is 9.59 Å². The van der Waals surface area contributed by atoms with E-state index in [4.69, 9.17) is 15.9 Å². The van der Waals surface area contributed by atoms with Crippen molar-refractivity contribution in [2.75, 3.05) is 19.5 Å². The third-order valence-corrected chi connectivity index (χ3v) is 4.21. The lowest BCUT2D eigenvalue weighted by atomic mass is 10.1. The highest BCUT2D eigenvalue weighted by atomic mass is 16.5. The SMILES string of the molecule is C#CCn1nc(CNC(=O)Nc2cc(OC)cc(OC)c2)c2ccccc2c1=O. The molecule has 0 aliphatic carbocycles. The lowest BCUT2D eigenvalue weighted by molar-refractivity contribution is 0.251. The molecule has 0 bridgehead atoms. The number of rotatable bonds is 6. The molecule has 0 aliphatic heterocycles. The maximum Gasteiger partial charge on any atom is 0.319 e. The first-order chi connectivity index (χ1) is 14.0. The van der Waals surface area contributed by atoms with Crippen LogP contribution >= 0.6 is 0 Å². The van der Waals surface area contributed by atoms with E-state index in [-0.39, 0.29) is 18.6 Å². The quantitative estimate of drug-likeness (QED) is 0.628. The number of terminal acetylenes is 1. The number of hydrogen-bond donors (Lipinski definition) is 2. The van der Waals surface area contributed by atoms with Gasteiger partial charge in [-0.2, -0.15) is 5.10 Å². The van der Waals surface area contributed by atoms with Crippen molar-refractivity contribution in [3.05, 3.63) is 58.5 Å². The number of ether oxygens (including phenoxy) is 2. The second-order valence-corrected chi connectivity index (χ2v) is 6.07. The number of carbonyl (C=O) groups is 1. The van der Waals surface area contributed by atoms with Gasteiger partial charge in [0.15, 0.2) is 0 Å². The van der Waals surface area contributed by atoms with E-state index in [2.05, 4.69) is 21.7 Å². The topological polar surface area (TPSA) is 94.5 Å². The van der Waals surface area contributed by atoms with Crippen LogP contribution in [0.4, 0.5) is 10.5 Å². The summed E-state index contributed by atoms with van der Waals surface area (Å²) in [5.74, 6) is 3.51. The Kier molecular flexibility index (Phi) is 6.00. The largest absolute Gasteiger partial charge is 0.497 e. The fraction of sp³-hybridized carbons (Fsp3) is 0.190. The molecular weight excluding hydrogens is 372 g/mol. The van der Waals surface area contributed by atoms with Crippen molar-refractivity contribution in [1.29, 1.82) is 0 Å². The van der Waals surface area contributed by atoms with Crippen LogP contribution in [0.5, 0.6) is 11.5 Å². The molecule has 0 radical (unpaired) electrons. The molecule has 0 fully saturated rings. The minimum absolute atomic E-state index is 0.0481. The molecule has 0 aliphatic rings. The van der Waals surface area contributed by atoms with Gasteiger partial charge in [0.1, 0.15) is 18.0 Å². The maximum absolute atomic E-state index is 12.5. The Morgan fingerprint density at radius 2 is 1.79 bits per heavy atom. The van der Waals surface area contributed by atoms with Gasteiger partial charge in [0, 0.05) is 29.3 Å². The summed E-state index contributed by atoms with van der Waals surface area (Å²) in [5, 5.41) is 10.9. The van der Waals surface area contributed by atoms with Crippen LogP contribution in [0, 0.1) is 12.3 Å². The van der Waals surface area contributed by atoms with E-state index in [1.165, 1.54) is 18.9 Å². The van der Waals surface area contributed by atoms with Crippen LogP contribution in [0.1, 0.15) is 5.69 Å². The van der Waals surface area contributed by atoms with E-state index in [1.54, 1.807) is 42.5 Å². The fourth-order valence-corrected chi connectivity index (χ4v) is 2.85. The number of hydrogen-bond acceptors (Lipinski definition) is 5. The standard InChI is InChI=1S/C21H20N4O4/c1-4-9-25-20(26)18-8-6-5-7-17(18)19(24-25)13-22-21(27)23-14-10-15(28-2)12-16(11-14)29-3/h1,5-8,10-12H,9,13H2,2-3H3,(H2,22,23,27). The van der Waals surface area contributed by atoms with E-state index in [0.29, 0.717) is 33.7 Å². The van der Waals surface area contributed by atoms with E-state index >= 15 is 0 Å². The van der Waals surface area contributed by atoms with Crippen LogP contribution < -0.4 is 25.7 Å². The van der Waals surface area contributed by atoms with Crippen molar-refractivity contribution in [3.8, 4) is 23.8 Å². The first-order valence-electron chi connectivity index (χ1n) is 8.76. The predicted molar refractivity (Wildman–Crippen MR) is 110 cm³/mol. The average Bonchev–Trinajstić information content (AvgIpc) is 2.74. The van der Waals surface area contributed by atoms with Crippen molar-refractivity contribution in [3.63, 3.8) is 0 Å². The highest BCUT2D eigenvalue weighted by Gasteiger charge is 2.12. The number of benzene rings is 2. The molecule has 1 aromatic heterocycles. The number of nitrogens with zero attached hydrogens (tertiary/aromatic N) is 2. The van der Waals surface area contributed by atoms with Gasteiger partial charge >= 0.3 is 6.03 Å². The zero-order chi connectivity index (χ0) is 20.8. The monoisotopic (exact) mass is 392 g/mol. The molecule has 2 N–H and O–H groups in total. The number of aromatic nitrogens is 2. The lowest BCUT2D eigenvalue weighted by Gasteiger charge is -2.12. The Morgan fingerprint density at radius 1 is 1.14 bits per heavy atom. The molecule has 3 aromatic rings. The van der Waals surface area contributed by atoms with Crippen LogP contribution in [0.2, 0.25) is 0 Å². The first kappa shape index (κ1) is 19.8. The number of urea groups is 1. The molecule has 8 heteroatoms. The van der Waals surface area contributed by atoms with Crippen molar-refractivity contribution in [2.45, 2.75) is 13.1 Å². The molecule has 0 spiro atoms. The van der Waals surface area contributed by atoms with Crippen LogP contribution in [0.15, 0.2) is 47.3 Å². The van der Waals surface area contributed by atoms with Crippen LogP contribution in [-0.4, -0.2) is 30.0 Å². The summed E-state index contributed by atoms with van der Waals surface area (Å²) in [4.78, 5) is 24.8. The molecule has 148 valence electrons. The van der Waals surface area contributed by atoms with E-state index in [1.807, 2.05) is 0 Å². The second kappa shape index (κ2) is 8.80. The van der Waals surface area contributed by atoms with Crippen LogP contribution in [0.25, 0.3) is 10.8 Å². The van der Waals surface area contributed by atoms with Gasteiger partial charge in [-0.1, -0.05) is 24.1 Å². The van der Waals surface area contributed by atoms with E-state index in [0.717, 1.165) is 0 Å². The number of methoxy groups -OCH3 is 2. The first-order valence-corrected chi connectivity index (χ1v) is 8.76. The summed E-state index contributed by atoms with van der Waals surface area (Å²) in [6.45, 7) is 0.158.